The number of carbonyl (C=O) groups is 1. The van der Waals surface area contributed by atoms with E-state index in [-0.39, 0.29) is 24.5 Å². The van der Waals surface area contributed by atoms with Gasteiger partial charge < -0.3 is 19.5 Å². The Labute approximate surface area is 157 Å². The number of nitro benzene ring substituents is 1. The third-order valence-corrected chi connectivity index (χ3v) is 3.63. The molecule has 1 N–H and O–H groups in total. The van der Waals surface area contributed by atoms with Crippen molar-refractivity contribution in [1.29, 1.82) is 0 Å². The Morgan fingerprint density at radius 1 is 1.15 bits per heavy atom. The first-order chi connectivity index (χ1) is 13.0. The van der Waals surface area contributed by atoms with Gasteiger partial charge in [-0.15, -0.1) is 0 Å². The molecule has 0 unspecified atom stereocenters. The first kappa shape index (κ1) is 20.2. The van der Waals surface area contributed by atoms with E-state index in [1.165, 1.54) is 18.2 Å². The highest BCUT2D eigenvalue weighted by atomic mass is 16.6. The van der Waals surface area contributed by atoms with E-state index in [9.17, 15) is 14.9 Å². The Morgan fingerprint density at radius 3 is 2.67 bits per heavy atom. The number of anilines is 1. The van der Waals surface area contributed by atoms with Crippen molar-refractivity contribution in [2.45, 2.75) is 6.92 Å². The number of rotatable bonds is 10. The monoisotopic (exact) mass is 374 g/mol. The molecule has 8 nitrogen and oxygen atoms in total. The van der Waals surface area contributed by atoms with Gasteiger partial charge in [0.15, 0.2) is 0 Å². The molecule has 144 valence electrons. The van der Waals surface area contributed by atoms with Crippen molar-refractivity contribution in [2.24, 2.45) is 0 Å². The molecular formula is C19H22N2O6. The van der Waals surface area contributed by atoms with Gasteiger partial charge >= 0.3 is 5.97 Å². The Balaban J connectivity index is 1.97. The van der Waals surface area contributed by atoms with Crippen molar-refractivity contribution in [1.82, 2.24) is 0 Å². The first-order valence-corrected chi connectivity index (χ1v) is 8.39. The molecule has 0 amide bonds. The van der Waals surface area contributed by atoms with Crippen LogP contribution in [0.15, 0.2) is 42.5 Å². The third kappa shape index (κ3) is 6.27. The quantitative estimate of drug-likeness (QED) is 0.295. The van der Waals surface area contributed by atoms with E-state index in [1.807, 2.05) is 31.2 Å². The van der Waals surface area contributed by atoms with Crippen LogP contribution in [0.25, 0.3) is 0 Å². The molecule has 8 heteroatoms. The molecule has 0 atom stereocenters. The van der Waals surface area contributed by atoms with Crippen molar-refractivity contribution in [2.75, 3.05) is 38.8 Å². The van der Waals surface area contributed by atoms with Gasteiger partial charge in [0.1, 0.15) is 19.0 Å². The summed E-state index contributed by atoms with van der Waals surface area (Å²) in [5, 5.41) is 14.0. The average Bonchev–Trinajstić information content (AvgIpc) is 2.65. The molecule has 0 heterocycles. The normalized spacial score (nSPS) is 10.3. The number of ether oxygens (including phenoxy) is 3. The van der Waals surface area contributed by atoms with E-state index in [2.05, 4.69) is 5.32 Å². The number of hydrogen-bond acceptors (Lipinski definition) is 7. The summed E-state index contributed by atoms with van der Waals surface area (Å²) < 4.78 is 15.7. The Kier molecular flexibility index (Phi) is 7.57. The average molecular weight is 374 g/mol. The predicted octanol–water partition coefficient (Wildman–Crippen LogP) is 3.20. The van der Waals surface area contributed by atoms with E-state index < -0.39 is 10.9 Å². The van der Waals surface area contributed by atoms with Gasteiger partial charge in [-0.3, -0.25) is 10.1 Å². The van der Waals surface area contributed by atoms with Crippen LogP contribution in [-0.2, 0) is 9.47 Å². The summed E-state index contributed by atoms with van der Waals surface area (Å²) >= 11 is 0. The fourth-order valence-electron chi connectivity index (χ4n) is 2.33. The zero-order chi connectivity index (χ0) is 19.6. The molecule has 2 aromatic rings. The fourth-order valence-corrected chi connectivity index (χ4v) is 2.33. The second kappa shape index (κ2) is 10.1. The standard InChI is InChI=1S/C19H22N2O6/c1-14-4-3-5-16(12-14)26-10-11-27-19(22)17-13-15(21(23)24)6-7-18(17)20-8-9-25-2/h3-7,12-13,20H,8-11H2,1-2H3. The van der Waals surface area contributed by atoms with Crippen LogP contribution in [0.4, 0.5) is 11.4 Å². The number of benzene rings is 2. The molecule has 0 aliphatic carbocycles. The molecule has 0 spiro atoms. The number of methoxy groups -OCH3 is 1. The SMILES string of the molecule is COCCNc1ccc([N+](=O)[O-])cc1C(=O)OCCOc1cccc(C)c1. The van der Waals surface area contributed by atoms with Crippen molar-refractivity contribution < 1.29 is 23.9 Å². The third-order valence-electron chi connectivity index (χ3n) is 3.63. The van der Waals surface area contributed by atoms with Crippen LogP contribution >= 0.6 is 0 Å². The Hall–Kier alpha value is -3.13. The van der Waals surface area contributed by atoms with Gasteiger partial charge in [-0.05, 0) is 30.7 Å². The number of nitrogens with zero attached hydrogens (tertiary/aromatic N) is 1. The summed E-state index contributed by atoms with van der Waals surface area (Å²) in [7, 11) is 1.56. The minimum absolute atomic E-state index is 0.0208. The lowest BCUT2D eigenvalue weighted by Crippen LogP contribution is -2.16. The highest BCUT2D eigenvalue weighted by molar-refractivity contribution is 5.96. The van der Waals surface area contributed by atoms with Crippen LogP contribution in [0, 0.1) is 17.0 Å². The Morgan fingerprint density at radius 2 is 1.96 bits per heavy atom. The van der Waals surface area contributed by atoms with E-state index >= 15 is 0 Å². The van der Waals surface area contributed by atoms with E-state index in [4.69, 9.17) is 14.2 Å². The molecule has 2 rings (SSSR count). The maximum Gasteiger partial charge on any atom is 0.340 e. The van der Waals surface area contributed by atoms with Gasteiger partial charge in [-0.1, -0.05) is 12.1 Å². The second-order valence-electron chi connectivity index (χ2n) is 5.71. The summed E-state index contributed by atoms with van der Waals surface area (Å²) in [4.78, 5) is 22.8. The summed E-state index contributed by atoms with van der Waals surface area (Å²) in [6.45, 7) is 3.03. The minimum Gasteiger partial charge on any atom is -0.490 e. The van der Waals surface area contributed by atoms with Crippen LogP contribution in [0.5, 0.6) is 5.75 Å². The number of esters is 1. The van der Waals surface area contributed by atoms with Gasteiger partial charge in [0.2, 0.25) is 0 Å². The van der Waals surface area contributed by atoms with Crippen LogP contribution < -0.4 is 10.1 Å². The fraction of sp³-hybridized carbons (Fsp3) is 0.316. The van der Waals surface area contributed by atoms with Crippen molar-refractivity contribution in [3.05, 3.63) is 63.7 Å². The van der Waals surface area contributed by atoms with Crippen LogP contribution in [0.1, 0.15) is 15.9 Å². The zero-order valence-corrected chi connectivity index (χ0v) is 15.3. The van der Waals surface area contributed by atoms with Crippen molar-refractivity contribution in [3.63, 3.8) is 0 Å². The summed E-state index contributed by atoms with van der Waals surface area (Å²) in [6, 6.07) is 11.5. The highest BCUT2D eigenvalue weighted by Gasteiger charge is 2.18. The van der Waals surface area contributed by atoms with Gasteiger partial charge in [0.05, 0.1) is 17.1 Å². The molecule has 0 bridgehead atoms. The predicted molar refractivity (Wildman–Crippen MR) is 100 cm³/mol. The largest absolute Gasteiger partial charge is 0.490 e. The number of nitro groups is 1. The van der Waals surface area contributed by atoms with Gasteiger partial charge in [-0.25, -0.2) is 4.79 Å². The molecule has 0 fully saturated rings. The number of non-ortho nitro benzene ring substituents is 1. The zero-order valence-electron chi connectivity index (χ0n) is 15.3. The van der Waals surface area contributed by atoms with E-state index in [1.54, 1.807) is 7.11 Å². The summed E-state index contributed by atoms with van der Waals surface area (Å²) in [5.74, 6) is 0.0229. The molecule has 0 radical (unpaired) electrons. The number of hydrogen-bond donors (Lipinski definition) is 1. The van der Waals surface area contributed by atoms with Crippen molar-refractivity contribution >= 4 is 17.3 Å². The van der Waals surface area contributed by atoms with Crippen LogP contribution in [0.2, 0.25) is 0 Å². The van der Waals surface area contributed by atoms with Gasteiger partial charge in [0, 0.05) is 31.5 Å². The lowest BCUT2D eigenvalue weighted by atomic mass is 10.1. The molecule has 0 aliphatic heterocycles. The lowest BCUT2D eigenvalue weighted by Gasteiger charge is -2.12. The van der Waals surface area contributed by atoms with Crippen molar-refractivity contribution in [3.8, 4) is 5.75 Å². The molecule has 2 aromatic carbocycles. The number of nitrogens with one attached hydrogen (secondary N) is 1. The van der Waals surface area contributed by atoms with Gasteiger partial charge in [0.25, 0.3) is 5.69 Å². The first-order valence-electron chi connectivity index (χ1n) is 8.39. The molecular weight excluding hydrogens is 352 g/mol. The summed E-state index contributed by atoms with van der Waals surface area (Å²) in [5.41, 5.74) is 1.42. The van der Waals surface area contributed by atoms with Crippen LogP contribution in [0.3, 0.4) is 0 Å². The molecule has 0 saturated carbocycles. The highest BCUT2D eigenvalue weighted by Crippen LogP contribution is 2.23. The van der Waals surface area contributed by atoms with Crippen LogP contribution in [-0.4, -0.2) is 44.4 Å². The smallest absolute Gasteiger partial charge is 0.340 e. The number of carbonyl (C=O) groups excluding carboxylic acids is 1. The molecule has 0 aromatic heterocycles. The Bertz CT molecular complexity index is 794. The lowest BCUT2D eigenvalue weighted by molar-refractivity contribution is -0.384. The molecule has 0 saturated heterocycles. The maximum absolute atomic E-state index is 12.4. The van der Waals surface area contributed by atoms with Gasteiger partial charge in [-0.2, -0.15) is 0 Å². The maximum atomic E-state index is 12.4. The topological polar surface area (TPSA) is 99.9 Å². The number of aryl methyl sites for hydroxylation is 1. The summed E-state index contributed by atoms with van der Waals surface area (Å²) in [6.07, 6.45) is 0. The minimum atomic E-state index is -0.661. The van der Waals surface area contributed by atoms with E-state index in [0.29, 0.717) is 24.6 Å². The molecule has 27 heavy (non-hydrogen) atoms. The molecule has 0 aliphatic rings. The second-order valence-corrected chi connectivity index (χ2v) is 5.71. The van der Waals surface area contributed by atoms with E-state index in [0.717, 1.165) is 5.56 Å².